The maximum atomic E-state index is 12.8. The molecule has 1 aliphatic heterocycles. The number of halogens is 1. The van der Waals surface area contributed by atoms with Gasteiger partial charge in [0.2, 0.25) is 10.0 Å². The van der Waals surface area contributed by atoms with Crippen molar-refractivity contribution in [2.45, 2.75) is 24.9 Å². The third-order valence-corrected chi connectivity index (χ3v) is 8.04. The number of rotatable bonds is 6. The van der Waals surface area contributed by atoms with E-state index >= 15 is 0 Å². The van der Waals surface area contributed by atoms with Gasteiger partial charge in [0.25, 0.3) is 5.91 Å². The molecule has 33 heavy (non-hydrogen) atoms. The predicted octanol–water partition coefficient (Wildman–Crippen LogP) is 2.92. The molecule has 0 atom stereocenters. The zero-order valence-electron chi connectivity index (χ0n) is 19.0. The van der Waals surface area contributed by atoms with Crippen molar-refractivity contribution in [2.75, 3.05) is 40.3 Å². The topological polar surface area (TPSA) is 78.8 Å². The van der Waals surface area contributed by atoms with Gasteiger partial charge in [-0.05, 0) is 43.3 Å². The normalized spacial score (nSPS) is 15.5. The number of piperazine rings is 1. The van der Waals surface area contributed by atoms with Crippen LogP contribution in [0.15, 0.2) is 47.4 Å². The molecule has 0 unspecified atom stereocenters. The molecule has 1 aliphatic rings. The standard InChI is InChI=1S/C23H28ClN5O3S/c1-4-29-21-9-8-19(33(31,32)26(2)3)15-20(21)25-22(29)16-27-10-12-28(13-11-27)23(30)17-6-5-7-18(24)14-17/h5-9,14-15H,4,10-13,16H2,1-3H3. The fourth-order valence-electron chi connectivity index (χ4n) is 4.12. The molecule has 10 heteroatoms. The monoisotopic (exact) mass is 489 g/mol. The van der Waals surface area contributed by atoms with Crippen molar-refractivity contribution in [1.29, 1.82) is 0 Å². The van der Waals surface area contributed by atoms with Gasteiger partial charge in [0.15, 0.2) is 0 Å². The van der Waals surface area contributed by atoms with Crippen molar-refractivity contribution in [3.05, 3.63) is 58.9 Å². The largest absolute Gasteiger partial charge is 0.336 e. The Hall–Kier alpha value is -2.46. The Morgan fingerprint density at radius 1 is 1.09 bits per heavy atom. The molecule has 0 saturated carbocycles. The molecule has 8 nitrogen and oxygen atoms in total. The number of fused-ring (bicyclic) bond motifs is 1. The van der Waals surface area contributed by atoms with Gasteiger partial charge >= 0.3 is 0 Å². The van der Waals surface area contributed by atoms with Gasteiger partial charge in [0, 0.05) is 57.4 Å². The van der Waals surface area contributed by atoms with E-state index in [2.05, 4.69) is 16.4 Å². The number of hydrogen-bond acceptors (Lipinski definition) is 5. The van der Waals surface area contributed by atoms with E-state index in [-0.39, 0.29) is 10.8 Å². The maximum Gasteiger partial charge on any atom is 0.253 e. The van der Waals surface area contributed by atoms with Gasteiger partial charge in [-0.2, -0.15) is 0 Å². The van der Waals surface area contributed by atoms with Gasteiger partial charge in [0.05, 0.1) is 22.5 Å². The smallest absolute Gasteiger partial charge is 0.253 e. The maximum absolute atomic E-state index is 12.8. The predicted molar refractivity (Wildman–Crippen MR) is 129 cm³/mol. The first kappa shape index (κ1) is 23.7. The summed E-state index contributed by atoms with van der Waals surface area (Å²) in [5, 5.41) is 0.555. The number of nitrogens with zero attached hydrogens (tertiary/aromatic N) is 5. The lowest BCUT2D eigenvalue weighted by Crippen LogP contribution is -2.48. The fraction of sp³-hybridized carbons (Fsp3) is 0.391. The van der Waals surface area contributed by atoms with E-state index in [9.17, 15) is 13.2 Å². The Kier molecular flexibility index (Phi) is 6.76. The second-order valence-corrected chi connectivity index (χ2v) is 10.9. The average Bonchev–Trinajstić information content (AvgIpc) is 3.15. The van der Waals surface area contributed by atoms with E-state index in [0.29, 0.717) is 35.7 Å². The molecule has 1 amide bonds. The van der Waals surface area contributed by atoms with Crippen molar-refractivity contribution in [3.8, 4) is 0 Å². The number of amides is 1. The van der Waals surface area contributed by atoms with E-state index in [1.54, 1.807) is 36.4 Å². The molecule has 0 N–H and O–H groups in total. The zero-order chi connectivity index (χ0) is 23.8. The molecule has 0 bridgehead atoms. The van der Waals surface area contributed by atoms with Crippen LogP contribution < -0.4 is 0 Å². The lowest BCUT2D eigenvalue weighted by atomic mass is 10.2. The number of carbonyl (C=O) groups excluding carboxylic acids is 1. The van der Waals surface area contributed by atoms with Crippen LogP contribution in [-0.2, 0) is 23.1 Å². The second kappa shape index (κ2) is 9.42. The van der Waals surface area contributed by atoms with E-state index in [1.165, 1.54) is 18.4 Å². The van der Waals surface area contributed by atoms with Crippen molar-refractivity contribution in [3.63, 3.8) is 0 Å². The molecule has 4 rings (SSSR count). The molecule has 1 saturated heterocycles. The Morgan fingerprint density at radius 2 is 1.82 bits per heavy atom. The van der Waals surface area contributed by atoms with Crippen LogP contribution in [0.1, 0.15) is 23.1 Å². The summed E-state index contributed by atoms with van der Waals surface area (Å²) >= 11 is 6.03. The SMILES string of the molecule is CCn1c(CN2CCN(C(=O)c3cccc(Cl)c3)CC2)nc2cc(S(=O)(=O)N(C)C)ccc21. The van der Waals surface area contributed by atoms with Crippen LogP contribution in [0.3, 0.4) is 0 Å². The number of benzene rings is 2. The quantitative estimate of drug-likeness (QED) is 0.532. The molecule has 1 fully saturated rings. The van der Waals surface area contributed by atoms with E-state index in [0.717, 1.165) is 31.0 Å². The fourth-order valence-corrected chi connectivity index (χ4v) is 5.23. The summed E-state index contributed by atoms with van der Waals surface area (Å²) in [5.41, 5.74) is 2.19. The number of carbonyl (C=O) groups is 1. The summed E-state index contributed by atoms with van der Waals surface area (Å²) in [6.07, 6.45) is 0. The molecular weight excluding hydrogens is 462 g/mol. The summed E-state index contributed by atoms with van der Waals surface area (Å²) in [6.45, 7) is 6.15. The molecule has 0 spiro atoms. The second-order valence-electron chi connectivity index (χ2n) is 8.29. The van der Waals surface area contributed by atoms with E-state index in [4.69, 9.17) is 16.6 Å². The summed E-state index contributed by atoms with van der Waals surface area (Å²) < 4.78 is 28.3. The minimum absolute atomic E-state index is 0.00687. The molecule has 2 heterocycles. The van der Waals surface area contributed by atoms with Crippen LogP contribution in [0.25, 0.3) is 11.0 Å². The van der Waals surface area contributed by atoms with Crippen LogP contribution in [0.4, 0.5) is 0 Å². The number of imidazole rings is 1. The van der Waals surface area contributed by atoms with Crippen molar-refractivity contribution < 1.29 is 13.2 Å². The minimum Gasteiger partial charge on any atom is -0.336 e. The number of sulfonamides is 1. The molecule has 1 aromatic heterocycles. The Labute approximate surface area is 199 Å². The summed E-state index contributed by atoms with van der Waals surface area (Å²) in [7, 11) is -0.477. The van der Waals surface area contributed by atoms with Crippen molar-refractivity contribution in [1.82, 2.24) is 23.7 Å². The van der Waals surface area contributed by atoms with Crippen LogP contribution in [0, 0.1) is 0 Å². The first-order chi connectivity index (χ1) is 15.7. The highest BCUT2D eigenvalue weighted by Gasteiger charge is 2.24. The van der Waals surface area contributed by atoms with E-state index < -0.39 is 10.0 Å². The molecule has 3 aromatic rings. The van der Waals surface area contributed by atoms with Gasteiger partial charge < -0.3 is 9.47 Å². The van der Waals surface area contributed by atoms with Crippen LogP contribution in [-0.4, -0.2) is 78.3 Å². The van der Waals surface area contributed by atoms with Crippen LogP contribution in [0.2, 0.25) is 5.02 Å². The lowest BCUT2D eigenvalue weighted by Gasteiger charge is -2.34. The van der Waals surface area contributed by atoms with Gasteiger partial charge in [-0.3, -0.25) is 9.69 Å². The van der Waals surface area contributed by atoms with Crippen LogP contribution >= 0.6 is 11.6 Å². The van der Waals surface area contributed by atoms with Crippen molar-refractivity contribution >= 4 is 38.6 Å². The number of aromatic nitrogens is 2. The highest BCUT2D eigenvalue weighted by molar-refractivity contribution is 7.89. The lowest BCUT2D eigenvalue weighted by molar-refractivity contribution is 0.0624. The minimum atomic E-state index is -3.52. The van der Waals surface area contributed by atoms with E-state index in [1.807, 2.05) is 11.0 Å². The Bertz CT molecular complexity index is 1280. The van der Waals surface area contributed by atoms with Gasteiger partial charge in [-0.15, -0.1) is 0 Å². The summed E-state index contributed by atoms with van der Waals surface area (Å²) in [6, 6.07) is 12.1. The molecule has 0 aliphatic carbocycles. The molecule has 0 radical (unpaired) electrons. The molecular formula is C23H28ClN5O3S. The first-order valence-electron chi connectivity index (χ1n) is 10.9. The first-order valence-corrected chi connectivity index (χ1v) is 12.7. The van der Waals surface area contributed by atoms with Gasteiger partial charge in [-0.25, -0.2) is 17.7 Å². The molecule has 2 aromatic carbocycles. The van der Waals surface area contributed by atoms with Gasteiger partial charge in [-0.1, -0.05) is 17.7 Å². The summed E-state index contributed by atoms with van der Waals surface area (Å²) in [5.74, 6) is 0.883. The van der Waals surface area contributed by atoms with Gasteiger partial charge in [0.1, 0.15) is 5.82 Å². The Morgan fingerprint density at radius 3 is 2.45 bits per heavy atom. The number of hydrogen-bond donors (Lipinski definition) is 0. The molecule has 176 valence electrons. The van der Waals surface area contributed by atoms with Crippen LogP contribution in [0.5, 0.6) is 0 Å². The highest BCUT2D eigenvalue weighted by Crippen LogP contribution is 2.23. The number of aryl methyl sites for hydroxylation is 1. The third kappa shape index (κ3) is 4.77. The third-order valence-electron chi connectivity index (χ3n) is 5.99. The average molecular weight is 490 g/mol. The van der Waals surface area contributed by atoms with Crippen molar-refractivity contribution in [2.24, 2.45) is 0 Å². The Balaban J connectivity index is 1.48. The summed E-state index contributed by atoms with van der Waals surface area (Å²) in [4.78, 5) is 21.9. The highest BCUT2D eigenvalue weighted by atomic mass is 35.5. The zero-order valence-corrected chi connectivity index (χ0v) is 20.6.